The van der Waals surface area contributed by atoms with E-state index in [0.717, 1.165) is 0 Å². The summed E-state index contributed by atoms with van der Waals surface area (Å²) in [6, 6.07) is 6.71. The maximum Gasteiger partial charge on any atom is 0.336 e. The molecule has 0 radical (unpaired) electrons. The number of benzene rings is 1. The second kappa shape index (κ2) is 3.96. The molecule has 18 heavy (non-hydrogen) atoms. The fourth-order valence-corrected chi connectivity index (χ4v) is 2.10. The lowest BCUT2D eigenvalue weighted by Crippen LogP contribution is -2.42. The first-order valence-electron chi connectivity index (χ1n) is 5.32. The van der Waals surface area contributed by atoms with Crippen molar-refractivity contribution in [3.05, 3.63) is 42.0 Å². The summed E-state index contributed by atoms with van der Waals surface area (Å²) >= 11 is 0. The number of methoxy groups -OCH3 is 1. The number of rotatable bonds is 2. The Bertz CT molecular complexity index is 552. The molecule has 0 aromatic heterocycles. The summed E-state index contributed by atoms with van der Waals surface area (Å²) in [5.41, 5.74) is -1.44. The van der Waals surface area contributed by atoms with Crippen LogP contribution in [-0.4, -0.2) is 31.1 Å². The molecular formula is C13H13NO4. The van der Waals surface area contributed by atoms with E-state index < -0.39 is 17.5 Å². The van der Waals surface area contributed by atoms with E-state index in [1.165, 1.54) is 19.1 Å². The fourth-order valence-electron chi connectivity index (χ4n) is 2.10. The highest BCUT2D eigenvalue weighted by Gasteiger charge is 2.52. The van der Waals surface area contributed by atoms with Gasteiger partial charge in [-0.15, -0.1) is 0 Å². The number of hydrogen-bond donors (Lipinski definition) is 1. The SMILES string of the molecule is C=C(C(=O)OC)[C@@]1(O)C(=O)N(C)c2ccccc21. The summed E-state index contributed by atoms with van der Waals surface area (Å²) in [5, 5.41) is 10.6. The average Bonchev–Trinajstić information content (AvgIpc) is 2.61. The molecule has 5 heteroatoms. The maximum absolute atomic E-state index is 12.2. The van der Waals surface area contributed by atoms with Gasteiger partial charge in [0.25, 0.3) is 5.91 Å². The molecular weight excluding hydrogens is 234 g/mol. The number of hydrogen-bond acceptors (Lipinski definition) is 4. The Morgan fingerprint density at radius 1 is 1.44 bits per heavy atom. The van der Waals surface area contributed by atoms with Crippen molar-refractivity contribution >= 4 is 17.6 Å². The van der Waals surface area contributed by atoms with Gasteiger partial charge in [-0.05, 0) is 6.07 Å². The van der Waals surface area contributed by atoms with Gasteiger partial charge < -0.3 is 14.7 Å². The lowest BCUT2D eigenvalue weighted by molar-refractivity contribution is -0.144. The lowest BCUT2D eigenvalue weighted by atomic mass is 9.88. The van der Waals surface area contributed by atoms with Gasteiger partial charge in [-0.2, -0.15) is 0 Å². The Morgan fingerprint density at radius 2 is 2.06 bits per heavy atom. The summed E-state index contributed by atoms with van der Waals surface area (Å²) in [7, 11) is 2.70. The minimum atomic E-state index is -2.04. The molecule has 0 spiro atoms. The fraction of sp³-hybridized carbons (Fsp3) is 0.231. The summed E-state index contributed by atoms with van der Waals surface area (Å²) < 4.78 is 4.52. The number of fused-ring (bicyclic) bond motifs is 1. The highest BCUT2D eigenvalue weighted by atomic mass is 16.5. The Balaban J connectivity index is 2.61. The molecule has 1 aromatic carbocycles. The minimum Gasteiger partial charge on any atom is -0.466 e. The van der Waals surface area contributed by atoms with Crippen molar-refractivity contribution < 1.29 is 19.4 Å². The van der Waals surface area contributed by atoms with E-state index in [-0.39, 0.29) is 5.57 Å². The molecule has 94 valence electrons. The molecule has 0 aliphatic carbocycles. The first-order chi connectivity index (χ1) is 8.44. The van der Waals surface area contributed by atoms with Crippen molar-refractivity contribution in [2.75, 3.05) is 19.1 Å². The molecule has 1 heterocycles. The van der Waals surface area contributed by atoms with Crippen molar-refractivity contribution in [1.82, 2.24) is 0 Å². The molecule has 1 aliphatic heterocycles. The van der Waals surface area contributed by atoms with Crippen LogP contribution in [0.25, 0.3) is 0 Å². The summed E-state index contributed by atoms with van der Waals surface area (Å²) in [6.45, 7) is 3.49. The molecule has 0 saturated carbocycles. The summed E-state index contributed by atoms with van der Waals surface area (Å²) in [4.78, 5) is 25.0. The molecule has 1 aromatic rings. The van der Waals surface area contributed by atoms with Crippen LogP contribution in [0.3, 0.4) is 0 Å². The maximum atomic E-state index is 12.2. The second-order valence-corrected chi connectivity index (χ2v) is 4.06. The molecule has 5 nitrogen and oxygen atoms in total. The molecule has 0 fully saturated rings. The van der Waals surface area contributed by atoms with Crippen LogP contribution in [-0.2, 0) is 19.9 Å². The molecule has 2 rings (SSSR count). The predicted octanol–water partition coefficient (Wildman–Crippen LogP) is 0.580. The van der Waals surface area contributed by atoms with E-state index in [9.17, 15) is 14.7 Å². The van der Waals surface area contributed by atoms with Crippen LogP contribution in [0.15, 0.2) is 36.4 Å². The van der Waals surface area contributed by atoms with Gasteiger partial charge in [-0.1, -0.05) is 24.8 Å². The van der Waals surface area contributed by atoms with Gasteiger partial charge in [0, 0.05) is 12.6 Å². The highest BCUT2D eigenvalue weighted by molar-refractivity contribution is 6.13. The molecule has 1 amide bonds. The van der Waals surface area contributed by atoms with Crippen molar-refractivity contribution in [3.8, 4) is 0 Å². The van der Waals surface area contributed by atoms with E-state index in [1.807, 2.05) is 0 Å². The molecule has 1 aliphatic rings. The van der Waals surface area contributed by atoms with Gasteiger partial charge >= 0.3 is 5.97 Å². The number of nitrogens with zero attached hydrogens (tertiary/aromatic N) is 1. The third-order valence-electron chi connectivity index (χ3n) is 3.14. The van der Waals surface area contributed by atoms with Crippen LogP contribution in [0, 0.1) is 0 Å². The Labute approximate surface area is 104 Å². The van der Waals surface area contributed by atoms with E-state index in [0.29, 0.717) is 11.3 Å². The van der Waals surface area contributed by atoms with Crippen molar-refractivity contribution in [1.29, 1.82) is 0 Å². The molecule has 0 unspecified atom stereocenters. The van der Waals surface area contributed by atoms with E-state index in [2.05, 4.69) is 11.3 Å². The highest BCUT2D eigenvalue weighted by Crippen LogP contribution is 2.43. The van der Waals surface area contributed by atoms with Crippen molar-refractivity contribution in [3.63, 3.8) is 0 Å². The van der Waals surface area contributed by atoms with Gasteiger partial charge in [0.2, 0.25) is 5.60 Å². The second-order valence-electron chi connectivity index (χ2n) is 4.06. The zero-order chi connectivity index (χ0) is 13.5. The van der Waals surface area contributed by atoms with Crippen LogP contribution in [0.4, 0.5) is 5.69 Å². The third-order valence-corrected chi connectivity index (χ3v) is 3.14. The van der Waals surface area contributed by atoms with E-state index in [1.54, 1.807) is 24.3 Å². The summed E-state index contributed by atoms with van der Waals surface area (Å²) in [5.74, 6) is -1.42. The van der Waals surface area contributed by atoms with Crippen LogP contribution in [0.2, 0.25) is 0 Å². The lowest BCUT2D eigenvalue weighted by Gasteiger charge is -2.22. The first-order valence-corrected chi connectivity index (χ1v) is 5.32. The molecule has 1 atom stereocenters. The quantitative estimate of drug-likeness (QED) is 0.613. The van der Waals surface area contributed by atoms with E-state index in [4.69, 9.17) is 0 Å². The first kappa shape index (κ1) is 12.3. The topological polar surface area (TPSA) is 66.8 Å². The largest absolute Gasteiger partial charge is 0.466 e. The third kappa shape index (κ3) is 1.37. The number of para-hydroxylation sites is 1. The normalized spacial score (nSPS) is 21.7. The average molecular weight is 247 g/mol. The van der Waals surface area contributed by atoms with Crippen molar-refractivity contribution in [2.45, 2.75) is 5.60 Å². The van der Waals surface area contributed by atoms with Crippen molar-refractivity contribution in [2.24, 2.45) is 0 Å². The van der Waals surface area contributed by atoms with Gasteiger partial charge in [0.05, 0.1) is 18.4 Å². The molecule has 0 saturated heterocycles. The predicted molar refractivity (Wildman–Crippen MR) is 64.9 cm³/mol. The molecule has 1 N–H and O–H groups in total. The summed E-state index contributed by atoms with van der Waals surface area (Å²) in [6.07, 6.45) is 0. The zero-order valence-corrected chi connectivity index (χ0v) is 10.1. The minimum absolute atomic E-state index is 0.285. The number of amides is 1. The van der Waals surface area contributed by atoms with Gasteiger partial charge in [-0.3, -0.25) is 4.79 Å². The number of aliphatic hydroxyl groups is 1. The zero-order valence-electron chi connectivity index (χ0n) is 10.1. The Kier molecular flexibility index (Phi) is 2.71. The van der Waals surface area contributed by atoms with Crippen LogP contribution in [0.5, 0.6) is 0 Å². The van der Waals surface area contributed by atoms with Crippen LogP contribution in [0.1, 0.15) is 5.56 Å². The van der Waals surface area contributed by atoms with Gasteiger partial charge in [0.15, 0.2) is 0 Å². The number of esters is 1. The van der Waals surface area contributed by atoms with Crippen LogP contribution >= 0.6 is 0 Å². The van der Waals surface area contributed by atoms with Crippen LogP contribution < -0.4 is 4.90 Å². The Morgan fingerprint density at radius 3 is 2.67 bits per heavy atom. The molecule has 0 bridgehead atoms. The number of carbonyl (C=O) groups excluding carboxylic acids is 2. The number of ether oxygens (including phenoxy) is 1. The monoisotopic (exact) mass is 247 g/mol. The van der Waals surface area contributed by atoms with Gasteiger partial charge in [-0.25, -0.2) is 4.79 Å². The number of carbonyl (C=O) groups is 2. The van der Waals surface area contributed by atoms with Gasteiger partial charge in [0.1, 0.15) is 0 Å². The Hall–Kier alpha value is -2.14. The number of likely N-dealkylation sites (N-methyl/N-ethyl adjacent to an activating group) is 1. The standard InChI is InChI=1S/C13H13NO4/c1-8(11(15)18-3)13(17)9-6-4-5-7-10(9)14(2)12(13)16/h4-7,17H,1H2,2-3H3/t13-/m0/s1. The van der Waals surface area contributed by atoms with E-state index >= 15 is 0 Å². The number of anilines is 1. The smallest absolute Gasteiger partial charge is 0.336 e.